The van der Waals surface area contributed by atoms with Crippen LogP contribution in [0.15, 0.2) is 48.5 Å². The summed E-state index contributed by atoms with van der Waals surface area (Å²) in [5, 5.41) is 2.96. The number of para-hydroxylation sites is 1. The minimum Gasteiger partial charge on any atom is -0.381 e. The van der Waals surface area contributed by atoms with Gasteiger partial charge >= 0.3 is 0 Å². The van der Waals surface area contributed by atoms with Crippen molar-refractivity contribution in [2.75, 3.05) is 23.4 Å². The van der Waals surface area contributed by atoms with Gasteiger partial charge in [0.2, 0.25) is 11.8 Å². The normalized spacial score (nSPS) is 15.9. The van der Waals surface area contributed by atoms with Crippen LogP contribution in [0, 0.1) is 6.92 Å². The number of nitrogens with one attached hydrogen (secondary N) is 1. The maximum absolute atomic E-state index is 13.0. The molecule has 5 nitrogen and oxygen atoms in total. The molecule has 0 aromatic heterocycles. The Hall–Kier alpha value is -2.66. The van der Waals surface area contributed by atoms with E-state index in [-0.39, 0.29) is 18.2 Å². The molecule has 0 saturated carbocycles. The van der Waals surface area contributed by atoms with Crippen LogP contribution in [0.4, 0.5) is 11.4 Å². The van der Waals surface area contributed by atoms with E-state index >= 15 is 0 Å². The van der Waals surface area contributed by atoms with Crippen molar-refractivity contribution in [3.05, 3.63) is 59.7 Å². The molecule has 2 aromatic rings. The number of anilines is 2. The molecule has 0 bridgehead atoms. The molecule has 1 atom stereocenters. The Balaban J connectivity index is 1.82. The van der Waals surface area contributed by atoms with E-state index in [4.69, 9.17) is 4.74 Å². The van der Waals surface area contributed by atoms with Crippen molar-refractivity contribution < 1.29 is 14.3 Å². The lowest BCUT2D eigenvalue weighted by molar-refractivity contribution is -0.124. The third kappa shape index (κ3) is 4.55. The first-order valence-corrected chi connectivity index (χ1v) is 9.45. The molecule has 0 spiro atoms. The molecule has 142 valence electrons. The molecule has 5 heteroatoms. The molecule has 0 fully saturated rings. The summed E-state index contributed by atoms with van der Waals surface area (Å²) in [5.74, 6) is -0.238. The summed E-state index contributed by atoms with van der Waals surface area (Å²) in [4.78, 5) is 27.5. The number of hydrogen-bond acceptors (Lipinski definition) is 3. The minimum absolute atomic E-state index is 0.0837. The van der Waals surface area contributed by atoms with Gasteiger partial charge in [-0.05, 0) is 50.5 Å². The molecule has 1 aliphatic rings. The van der Waals surface area contributed by atoms with E-state index < -0.39 is 6.04 Å². The molecule has 1 heterocycles. The van der Waals surface area contributed by atoms with E-state index in [0.717, 1.165) is 28.9 Å². The Morgan fingerprint density at radius 3 is 2.63 bits per heavy atom. The highest BCUT2D eigenvalue weighted by Gasteiger charge is 2.35. The van der Waals surface area contributed by atoms with E-state index in [1.807, 2.05) is 62.4 Å². The number of rotatable bonds is 6. The summed E-state index contributed by atoms with van der Waals surface area (Å²) in [6.45, 7) is 4.84. The second-order valence-electron chi connectivity index (χ2n) is 6.75. The van der Waals surface area contributed by atoms with E-state index in [1.165, 1.54) is 0 Å². The summed E-state index contributed by atoms with van der Waals surface area (Å²) in [7, 11) is 0. The second kappa shape index (κ2) is 8.82. The summed E-state index contributed by atoms with van der Waals surface area (Å²) < 4.78 is 5.34. The Bertz CT molecular complexity index is 801. The van der Waals surface area contributed by atoms with Gasteiger partial charge in [-0.3, -0.25) is 14.5 Å². The highest BCUT2D eigenvalue weighted by atomic mass is 16.5. The van der Waals surface area contributed by atoms with Gasteiger partial charge in [-0.25, -0.2) is 0 Å². The van der Waals surface area contributed by atoms with Crippen LogP contribution in [0.3, 0.4) is 0 Å². The van der Waals surface area contributed by atoms with Crippen LogP contribution in [0.5, 0.6) is 0 Å². The zero-order valence-electron chi connectivity index (χ0n) is 15.9. The van der Waals surface area contributed by atoms with Crippen molar-refractivity contribution in [3.8, 4) is 0 Å². The van der Waals surface area contributed by atoms with Crippen molar-refractivity contribution in [1.29, 1.82) is 0 Å². The van der Waals surface area contributed by atoms with Crippen molar-refractivity contribution >= 4 is 23.2 Å². The molecule has 2 aromatic carbocycles. The predicted octanol–water partition coefficient (Wildman–Crippen LogP) is 3.71. The topological polar surface area (TPSA) is 58.6 Å². The fraction of sp³-hybridized carbons (Fsp3) is 0.364. The fourth-order valence-electron chi connectivity index (χ4n) is 3.39. The maximum atomic E-state index is 13.0. The Morgan fingerprint density at radius 2 is 1.89 bits per heavy atom. The number of carbonyl (C=O) groups is 2. The number of ether oxygens (including phenoxy) is 1. The van der Waals surface area contributed by atoms with Crippen LogP contribution in [0.2, 0.25) is 0 Å². The zero-order valence-corrected chi connectivity index (χ0v) is 15.9. The lowest BCUT2D eigenvalue weighted by Gasteiger charge is -2.36. The number of nitrogens with zero attached hydrogens (tertiary/aromatic N) is 1. The Morgan fingerprint density at radius 1 is 1.15 bits per heavy atom. The fourth-order valence-corrected chi connectivity index (χ4v) is 3.39. The van der Waals surface area contributed by atoms with Crippen molar-refractivity contribution in [2.24, 2.45) is 0 Å². The minimum atomic E-state index is -0.518. The molecular formula is C22H26N2O3. The second-order valence-corrected chi connectivity index (χ2v) is 6.75. The van der Waals surface area contributed by atoms with E-state index in [1.54, 1.807) is 4.90 Å². The van der Waals surface area contributed by atoms with Crippen LogP contribution in [-0.4, -0.2) is 31.1 Å². The summed E-state index contributed by atoms with van der Waals surface area (Å²) >= 11 is 0. The number of aryl methyl sites for hydroxylation is 2. The zero-order chi connectivity index (χ0) is 19.2. The van der Waals surface area contributed by atoms with Crippen molar-refractivity contribution in [2.45, 2.75) is 39.2 Å². The number of hydrogen-bond donors (Lipinski definition) is 1. The first kappa shape index (κ1) is 19.1. The molecule has 0 aliphatic carbocycles. The average Bonchev–Trinajstić information content (AvgIpc) is 2.68. The molecule has 0 radical (unpaired) electrons. The first-order chi connectivity index (χ1) is 13.1. The molecule has 27 heavy (non-hydrogen) atoms. The number of fused-ring (bicyclic) bond motifs is 1. The number of amides is 2. The third-order valence-electron chi connectivity index (χ3n) is 4.80. The Kier molecular flexibility index (Phi) is 6.24. The smallest absolute Gasteiger partial charge is 0.247 e. The van der Waals surface area contributed by atoms with E-state index in [0.29, 0.717) is 19.6 Å². The van der Waals surface area contributed by atoms with Crippen molar-refractivity contribution in [3.63, 3.8) is 0 Å². The van der Waals surface area contributed by atoms with Crippen LogP contribution < -0.4 is 10.2 Å². The van der Waals surface area contributed by atoms with Gasteiger partial charge in [0, 0.05) is 18.0 Å². The maximum Gasteiger partial charge on any atom is 0.247 e. The molecule has 0 saturated heterocycles. The molecule has 1 unspecified atom stereocenters. The predicted molar refractivity (Wildman–Crippen MR) is 107 cm³/mol. The van der Waals surface area contributed by atoms with Gasteiger partial charge in [0.05, 0.1) is 13.0 Å². The number of carbonyl (C=O) groups excluding carboxylic acids is 2. The van der Waals surface area contributed by atoms with Crippen molar-refractivity contribution in [1.82, 2.24) is 0 Å². The number of benzene rings is 2. The summed E-state index contributed by atoms with van der Waals surface area (Å²) in [6, 6.07) is 15.0. The first-order valence-electron chi connectivity index (χ1n) is 9.45. The van der Waals surface area contributed by atoms with Gasteiger partial charge in [-0.2, -0.15) is 0 Å². The quantitative estimate of drug-likeness (QED) is 0.793. The molecule has 2 amide bonds. The lowest BCUT2D eigenvalue weighted by Crippen LogP contribution is -2.50. The monoisotopic (exact) mass is 366 g/mol. The lowest BCUT2D eigenvalue weighted by atomic mass is 9.94. The van der Waals surface area contributed by atoms with E-state index in [9.17, 15) is 9.59 Å². The van der Waals surface area contributed by atoms with Crippen LogP contribution in [-0.2, 0) is 20.7 Å². The van der Waals surface area contributed by atoms with E-state index in [2.05, 4.69) is 5.32 Å². The molecular weight excluding hydrogens is 340 g/mol. The summed E-state index contributed by atoms with van der Waals surface area (Å²) in [5.41, 5.74) is 3.80. The van der Waals surface area contributed by atoms with Gasteiger partial charge in [0.25, 0.3) is 0 Å². The van der Waals surface area contributed by atoms with Gasteiger partial charge in [0.1, 0.15) is 6.04 Å². The molecule has 1 aliphatic heterocycles. The highest BCUT2D eigenvalue weighted by Crippen LogP contribution is 2.31. The SMILES string of the molecule is CCOCCC(=O)N1c2ccccc2CCC1C(=O)Nc1ccc(C)cc1. The average molecular weight is 366 g/mol. The third-order valence-corrected chi connectivity index (χ3v) is 4.80. The Labute approximate surface area is 160 Å². The van der Waals surface area contributed by atoms with Gasteiger partial charge in [-0.1, -0.05) is 35.9 Å². The summed E-state index contributed by atoms with van der Waals surface area (Å²) in [6.07, 6.45) is 1.64. The standard InChI is InChI=1S/C22H26N2O3/c1-3-27-15-14-21(25)24-19-7-5-4-6-17(19)10-13-20(24)22(26)23-18-11-8-16(2)9-12-18/h4-9,11-12,20H,3,10,13-15H2,1-2H3,(H,23,26). The van der Waals surface area contributed by atoms with Gasteiger partial charge in [0.15, 0.2) is 0 Å². The van der Waals surface area contributed by atoms with Crippen LogP contribution in [0.1, 0.15) is 30.9 Å². The van der Waals surface area contributed by atoms with Crippen LogP contribution >= 0.6 is 0 Å². The van der Waals surface area contributed by atoms with Gasteiger partial charge in [-0.15, -0.1) is 0 Å². The largest absolute Gasteiger partial charge is 0.381 e. The highest BCUT2D eigenvalue weighted by molar-refractivity contribution is 6.06. The van der Waals surface area contributed by atoms with Crippen LogP contribution in [0.25, 0.3) is 0 Å². The molecule has 1 N–H and O–H groups in total. The molecule has 3 rings (SSSR count). The van der Waals surface area contributed by atoms with Gasteiger partial charge < -0.3 is 10.1 Å².